The number of aromatic nitrogens is 4. The largest absolute Gasteiger partial charge is 0.490 e. The standard InChI is InChI=1S/C10H15N4O15P3.Mg/c15-5-3(1-26-31(22,23)29-32(24,25)28-30(19,20)21)27-9(6(5)16)14-2-11-4-7(14)12-10(18)13-8(4)17;/h2-3,5-6,9,15-16H,1H2,(H,22,23)(H,24,25)(H2,19,20,21)(H2,12,13,17,18);. The number of aliphatic hydroxyl groups excluding tert-OH is 2. The predicted octanol–water partition coefficient (Wildman–Crippen LogP) is -3.01. The molecule has 6 unspecified atom stereocenters. The van der Waals surface area contributed by atoms with Gasteiger partial charge in [0.15, 0.2) is 11.7 Å². The summed E-state index contributed by atoms with van der Waals surface area (Å²) in [6.07, 6.45) is -5.54. The molecule has 0 saturated carbocycles. The molecule has 2 aromatic heterocycles. The Balaban J connectivity index is 0.00000385. The van der Waals surface area contributed by atoms with Crippen LogP contribution in [0.2, 0.25) is 0 Å². The number of nitrogens with one attached hydrogen (secondary N) is 2. The van der Waals surface area contributed by atoms with Crippen LogP contribution in [0.4, 0.5) is 0 Å². The third kappa shape index (κ3) is 6.88. The first-order valence-corrected chi connectivity index (χ1v) is 12.6. The van der Waals surface area contributed by atoms with Gasteiger partial charge in [-0.3, -0.25) is 23.9 Å². The van der Waals surface area contributed by atoms with E-state index in [1.807, 2.05) is 4.98 Å². The van der Waals surface area contributed by atoms with Gasteiger partial charge < -0.3 is 34.5 Å². The molecule has 3 rings (SSSR count). The highest BCUT2D eigenvalue weighted by Gasteiger charge is 2.46. The summed E-state index contributed by atoms with van der Waals surface area (Å²) in [4.78, 5) is 66.7. The first-order chi connectivity index (χ1) is 14.6. The van der Waals surface area contributed by atoms with Gasteiger partial charge in [-0.15, -0.1) is 0 Å². The number of rotatable bonds is 8. The number of aromatic amines is 2. The van der Waals surface area contributed by atoms with Crippen molar-refractivity contribution in [2.75, 3.05) is 6.61 Å². The second-order valence-electron chi connectivity index (χ2n) is 6.19. The van der Waals surface area contributed by atoms with Crippen molar-refractivity contribution in [2.24, 2.45) is 0 Å². The predicted molar refractivity (Wildman–Crippen MR) is 102 cm³/mol. The maximum atomic E-state index is 11.8. The molecule has 1 aliphatic rings. The number of H-pyrrole nitrogens is 2. The van der Waals surface area contributed by atoms with Crippen LogP contribution < -0.4 is 11.2 Å². The van der Waals surface area contributed by atoms with Gasteiger partial charge in [-0.25, -0.2) is 23.5 Å². The van der Waals surface area contributed by atoms with Crippen LogP contribution in [0.5, 0.6) is 0 Å². The third-order valence-electron chi connectivity index (χ3n) is 3.90. The number of aliphatic hydroxyl groups is 2. The zero-order chi connectivity index (χ0) is 24.1. The van der Waals surface area contributed by atoms with Gasteiger partial charge in [0.25, 0.3) is 5.56 Å². The van der Waals surface area contributed by atoms with Gasteiger partial charge in [0, 0.05) is 23.1 Å². The van der Waals surface area contributed by atoms with Crippen molar-refractivity contribution in [1.82, 2.24) is 19.5 Å². The zero-order valence-corrected chi connectivity index (χ0v) is 20.0. The first-order valence-electron chi connectivity index (χ1n) is 8.08. The fourth-order valence-corrected chi connectivity index (χ4v) is 5.74. The van der Waals surface area contributed by atoms with Crippen LogP contribution in [0.15, 0.2) is 15.9 Å². The molecule has 8 N–H and O–H groups in total. The van der Waals surface area contributed by atoms with Crippen molar-refractivity contribution in [3.8, 4) is 0 Å². The summed E-state index contributed by atoms with van der Waals surface area (Å²) in [6.45, 7) is -1.04. The van der Waals surface area contributed by atoms with Crippen molar-refractivity contribution in [3.05, 3.63) is 27.2 Å². The number of ether oxygens (including phenoxy) is 1. The van der Waals surface area contributed by atoms with Crippen LogP contribution in [-0.4, -0.2) is 97.3 Å². The molecular weight excluding hydrogens is 533 g/mol. The van der Waals surface area contributed by atoms with Gasteiger partial charge in [0.05, 0.1) is 12.9 Å². The van der Waals surface area contributed by atoms with Crippen LogP contribution in [0.3, 0.4) is 0 Å². The summed E-state index contributed by atoms with van der Waals surface area (Å²) in [7, 11) is -16.8. The number of fused-ring (bicyclic) bond motifs is 1. The maximum Gasteiger partial charge on any atom is 0.490 e. The molecule has 0 bridgehead atoms. The Kier molecular flexibility index (Phi) is 8.67. The monoisotopic (exact) mass is 548 g/mol. The molecule has 2 aromatic rings. The lowest BCUT2D eigenvalue weighted by molar-refractivity contribution is -0.0503. The highest BCUT2D eigenvalue weighted by Crippen LogP contribution is 2.66. The van der Waals surface area contributed by atoms with Crippen molar-refractivity contribution in [2.45, 2.75) is 24.5 Å². The van der Waals surface area contributed by atoms with Crippen molar-refractivity contribution >= 4 is 57.7 Å². The Morgan fingerprint density at radius 2 is 1.67 bits per heavy atom. The minimum absolute atomic E-state index is 0. The molecule has 0 aromatic carbocycles. The lowest BCUT2D eigenvalue weighted by atomic mass is 10.1. The van der Waals surface area contributed by atoms with E-state index in [4.69, 9.17) is 19.4 Å². The van der Waals surface area contributed by atoms with Crippen LogP contribution in [0, 0.1) is 0 Å². The number of phosphoric acid groups is 3. The average molecular weight is 548 g/mol. The highest BCUT2D eigenvalue weighted by atomic mass is 31.3. The van der Waals surface area contributed by atoms with Gasteiger partial charge in [0.2, 0.25) is 0 Å². The maximum absolute atomic E-state index is 11.8. The summed E-state index contributed by atoms with van der Waals surface area (Å²) < 4.78 is 51.4. The van der Waals surface area contributed by atoms with Crippen molar-refractivity contribution in [1.29, 1.82) is 0 Å². The second kappa shape index (κ2) is 10.1. The molecule has 3 heterocycles. The Hall–Kier alpha value is -0.794. The molecule has 0 spiro atoms. The summed E-state index contributed by atoms with van der Waals surface area (Å²) in [5.74, 6) is 0. The lowest BCUT2D eigenvalue weighted by Gasteiger charge is -2.19. The van der Waals surface area contributed by atoms with E-state index in [0.717, 1.165) is 10.9 Å². The number of phosphoric ester groups is 1. The summed E-state index contributed by atoms with van der Waals surface area (Å²) >= 11 is 0. The summed E-state index contributed by atoms with van der Waals surface area (Å²) in [5.41, 5.74) is -2.16. The fourth-order valence-electron chi connectivity index (χ4n) is 2.71. The lowest BCUT2D eigenvalue weighted by Crippen LogP contribution is -2.33. The van der Waals surface area contributed by atoms with E-state index < -0.39 is 65.9 Å². The molecule has 1 fully saturated rings. The molecule has 33 heavy (non-hydrogen) atoms. The summed E-state index contributed by atoms with van der Waals surface area (Å²) in [6, 6.07) is 0. The SMILES string of the molecule is O=c1[nH]c(=O)c2ncn(C3OC(COP(=O)(O)OP(=O)(O)OP(=O)(O)O)C(O)C3O)c2[nH]1.[Mg]. The molecule has 2 radical (unpaired) electrons. The average Bonchev–Trinajstić information content (AvgIpc) is 3.12. The number of nitrogens with zero attached hydrogens (tertiary/aromatic N) is 2. The topological polar surface area (TPSA) is 293 Å². The van der Waals surface area contributed by atoms with E-state index in [1.54, 1.807) is 0 Å². The minimum Gasteiger partial charge on any atom is -0.387 e. The van der Waals surface area contributed by atoms with Gasteiger partial charge in [-0.1, -0.05) is 0 Å². The minimum atomic E-state index is -5.75. The molecule has 23 heteroatoms. The third-order valence-corrected chi connectivity index (χ3v) is 7.70. The van der Waals surface area contributed by atoms with E-state index in [-0.39, 0.29) is 34.2 Å². The van der Waals surface area contributed by atoms with E-state index in [9.17, 15) is 38.4 Å². The van der Waals surface area contributed by atoms with Crippen LogP contribution >= 0.6 is 23.5 Å². The van der Waals surface area contributed by atoms with Gasteiger partial charge in [0.1, 0.15) is 24.0 Å². The van der Waals surface area contributed by atoms with Gasteiger partial charge in [-0.05, 0) is 0 Å². The number of imidazole rings is 1. The van der Waals surface area contributed by atoms with Crippen molar-refractivity contribution in [3.63, 3.8) is 0 Å². The Morgan fingerprint density at radius 3 is 2.27 bits per heavy atom. The quantitative estimate of drug-likeness (QED) is 0.120. The molecule has 0 amide bonds. The van der Waals surface area contributed by atoms with E-state index in [2.05, 4.69) is 23.1 Å². The number of hydrogen-bond donors (Lipinski definition) is 8. The van der Waals surface area contributed by atoms with E-state index in [1.165, 1.54) is 0 Å². The molecule has 1 saturated heterocycles. The Labute approximate surface area is 196 Å². The molecule has 19 nitrogen and oxygen atoms in total. The second-order valence-corrected chi connectivity index (χ2v) is 10.6. The van der Waals surface area contributed by atoms with E-state index in [0.29, 0.717) is 0 Å². The molecular formula is C10H15MgN4O15P3. The van der Waals surface area contributed by atoms with Gasteiger partial charge in [-0.2, -0.15) is 8.62 Å². The van der Waals surface area contributed by atoms with Crippen LogP contribution in [0.25, 0.3) is 11.2 Å². The fraction of sp³-hybridized carbons (Fsp3) is 0.500. The van der Waals surface area contributed by atoms with Crippen molar-refractivity contribution < 1.29 is 61.4 Å². The zero-order valence-electron chi connectivity index (χ0n) is 15.9. The van der Waals surface area contributed by atoms with Gasteiger partial charge >= 0.3 is 29.2 Å². The van der Waals surface area contributed by atoms with Crippen LogP contribution in [0.1, 0.15) is 6.23 Å². The summed E-state index contributed by atoms with van der Waals surface area (Å²) in [5, 5.41) is 20.3. The highest BCUT2D eigenvalue weighted by molar-refractivity contribution is 7.66. The molecule has 0 aliphatic carbocycles. The first kappa shape index (κ1) is 28.4. The van der Waals surface area contributed by atoms with E-state index >= 15 is 0 Å². The molecule has 1 aliphatic heterocycles. The smallest absolute Gasteiger partial charge is 0.387 e. The molecule has 6 atom stereocenters. The Morgan fingerprint density at radius 1 is 1.03 bits per heavy atom. The molecule has 182 valence electrons. The number of hydrogen-bond acceptors (Lipinski definition) is 12. The normalized spacial score (nSPS) is 27.1. The Bertz CT molecular complexity index is 1270. The van der Waals surface area contributed by atoms with Crippen LogP contribution in [-0.2, 0) is 31.6 Å².